The molecule has 1 aromatic carbocycles. The van der Waals surface area contributed by atoms with E-state index in [-0.39, 0.29) is 25.7 Å². The van der Waals surface area contributed by atoms with Crippen molar-refractivity contribution in [2.45, 2.75) is 13.1 Å². The van der Waals surface area contributed by atoms with Crippen LogP contribution in [0.2, 0.25) is 0 Å². The standard InChI is InChI=1S/C10H5Br2F3N2O/c1-3-16-5-2-4(10(13,14)15)7(11)8(12)6(5)9(18)17-3/h2H,1H3,(H,16,17,18). The molecular formula is C10H5Br2F3N2O. The number of rotatable bonds is 0. The van der Waals surface area contributed by atoms with E-state index in [1.54, 1.807) is 0 Å². The average molecular weight is 386 g/mol. The van der Waals surface area contributed by atoms with Gasteiger partial charge in [0.2, 0.25) is 0 Å². The Morgan fingerprint density at radius 3 is 2.44 bits per heavy atom. The first-order chi connectivity index (χ1) is 8.21. The third-order valence-corrected chi connectivity index (χ3v) is 4.45. The van der Waals surface area contributed by atoms with Gasteiger partial charge < -0.3 is 4.98 Å². The van der Waals surface area contributed by atoms with Crippen LogP contribution in [0, 0.1) is 6.92 Å². The van der Waals surface area contributed by atoms with E-state index in [1.165, 1.54) is 6.92 Å². The zero-order valence-corrected chi connectivity index (χ0v) is 12.0. The van der Waals surface area contributed by atoms with Gasteiger partial charge in [0.05, 0.1) is 16.5 Å². The molecule has 0 fully saturated rings. The van der Waals surface area contributed by atoms with Crippen molar-refractivity contribution < 1.29 is 13.2 Å². The SMILES string of the molecule is Cc1nc2cc(C(F)(F)F)c(Br)c(Br)c2c(=O)[nH]1. The van der Waals surface area contributed by atoms with Gasteiger partial charge in [-0.2, -0.15) is 13.2 Å². The summed E-state index contributed by atoms with van der Waals surface area (Å²) in [6.07, 6.45) is -4.52. The fraction of sp³-hybridized carbons (Fsp3) is 0.200. The maximum atomic E-state index is 12.8. The highest BCUT2D eigenvalue weighted by Gasteiger charge is 2.35. The number of halogens is 5. The predicted octanol–water partition coefficient (Wildman–Crippen LogP) is 3.78. The topological polar surface area (TPSA) is 45.8 Å². The van der Waals surface area contributed by atoms with E-state index in [4.69, 9.17) is 0 Å². The van der Waals surface area contributed by atoms with Crippen molar-refractivity contribution in [1.29, 1.82) is 0 Å². The Hall–Kier alpha value is -0.890. The van der Waals surface area contributed by atoms with E-state index in [9.17, 15) is 18.0 Å². The highest BCUT2D eigenvalue weighted by molar-refractivity contribution is 9.13. The molecule has 0 aliphatic heterocycles. The Morgan fingerprint density at radius 1 is 1.28 bits per heavy atom. The highest BCUT2D eigenvalue weighted by Crippen LogP contribution is 2.41. The van der Waals surface area contributed by atoms with E-state index in [2.05, 4.69) is 41.8 Å². The smallest absolute Gasteiger partial charge is 0.310 e. The van der Waals surface area contributed by atoms with Crippen LogP contribution in [0.25, 0.3) is 10.9 Å². The number of benzene rings is 1. The summed E-state index contributed by atoms with van der Waals surface area (Å²) < 4.78 is 38.2. The van der Waals surface area contributed by atoms with E-state index in [1.807, 2.05) is 0 Å². The molecule has 0 unspecified atom stereocenters. The molecule has 96 valence electrons. The number of nitrogens with zero attached hydrogens (tertiary/aromatic N) is 1. The van der Waals surface area contributed by atoms with Crippen molar-refractivity contribution in [1.82, 2.24) is 9.97 Å². The number of fused-ring (bicyclic) bond motifs is 1. The number of aryl methyl sites for hydroxylation is 1. The second-order valence-electron chi connectivity index (χ2n) is 3.60. The molecule has 0 saturated heterocycles. The average Bonchev–Trinajstić information content (AvgIpc) is 2.20. The van der Waals surface area contributed by atoms with Crippen LogP contribution in [0.1, 0.15) is 11.4 Å². The van der Waals surface area contributed by atoms with Crippen LogP contribution in [0.4, 0.5) is 13.2 Å². The Labute approximate surface area is 116 Å². The van der Waals surface area contributed by atoms with Crippen LogP contribution in [0.5, 0.6) is 0 Å². The summed E-state index contributed by atoms with van der Waals surface area (Å²) in [5, 5.41) is 0.0838. The molecule has 1 aromatic heterocycles. The van der Waals surface area contributed by atoms with Crippen molar-refractivity contribution in [3.05, 3.63) is 36.8 Å². The number of nitrogens with one attached hydrogen (secondary N) is 1. The third-order valence-electron chi connectivity index (χ3n) is 2.30. The fourth-order valence-corrected chi connectivity index (χ4v) is 2.69. The van der Waals surface area contributed by atoms with Crippen molar-refractivity contribution in [2.24, 2.45) is 0 Å². The van der Waals surface area contributed by atoms with Gasteiger partial charge >= 0.3 is 6.18 Å². The van der Waals surface area contributed by atoms with Gasteiger partial charge in [-0.05, 0) is 44.8 Å². The van der Waals surface area contributed by atoms with Crippen molar-refractivity contribution in [2.75, 3.05) is 0 Å². The monoisotopic (exact) mass is 384 g/mol. The summed E-state index contributed by atoms with van der Waals surface area (Å²) in [6.45, 7) is 1.50. The lowest BCUT2D eigenvalue weighted by Crippen LogP contribution is -2.13. The molecular weight excluding hydrogens is 381 g/mol. The summed E-state index contributed by atoms with van der Waals surface area (Å²) in [4.78, 5) is 18.1. The maximum absolute atomic E-state index is 12.8. The van der Waals surface area contributed by atoms with Crippen LogP contribution < -0.4 is 5.56 Å². The zero-order chi connectivity index (χ0) is 13.7. The number of alkyl halides is 3. The summed E-state index contributed by atoms with van der Waals surface area (Å²) in [6, 6.07) is 0.854. The first kappa shape index (κ1) is 13.5. The summed E-state index contributed by atoms with van der Waals surface area (Å²) in [5.41, 5.74) is -1.36. The van der Waals surface area contributed by atoms with Gasteiger partial charge in [0, 0.05) is 8.95 Å². The number of aromatic nitrogens is 2. The summed E-state index contributed by atoms with van der Waals surface area (Å²) in [5.74, 6) is 0.259. The van der Waals surface area contributed by atoms with Gasteiger partial charge in [0.1, 0.15) is 5.82 Å². The van der Waals surface area contributed by atoms with Gasteiger partial charge in [-0.25, -0.2) is 4.98 Å². The number of aromatic amines is 1. The predicted molar refractivity (Wildman–Crippen MR) is 67.5 cm³/mol. The molecule has 0 atom stereocenters. The highest BCUT2D eigenvalue weighted by atomic mass is 79.9. The third kappa shape index (κ3) is 2.18. The molecule has 1 N–H and O–H groups in total. The van der Waals surface area contributed by atoms with E-state index in [0.29, 0.717) is 0 Å². The largest absolute Gasteiger partial charge is 0.417 e. The molecule has 0 saturated carbocycles. The molecule has 0 radical (unpaired) electrons. The van der Waals surface area contributed by atoms with Crippen LogP contribution in [-0.2, 0) is 6.18 Å². The Bertz CT molecular complexity index is 694. The molecule has 2 rings (SSSR count). The molecule has 18 heavy (non-hydrogen) atoms. The van der Waals surface area contributed by atoms with Gasteiger partial charge in [0.25, 0.3) is 5.56 Å². The van der Waals surface area contributed by atoms with Gasteiger partial charge in [0.15, 0.2) is 0 Å². The van der Waals surface area contributed by atoms with Crippen LogP contribution in [0.15, 0.2) is 19.8 Å². The Balaban J connectivity index is 2.97. The molecule has 0 aliphatic carbocycles. The molecule has 0 spiro atoms. The van der Waals surface area contributed by atoms with Crippen molar-refractivity contribution in [3.8, 4) is 0 Å². The van der Waals surface area contributed by atoms with Crippen LogP contribution in [-0.4, -0.2) is 9.97 Å². The van der Waals surface area contributed by atoms with Crippen molar-refractivity contribution >= 4 is 42.8 Å². The lowest BCUT2D eigenvalue weighted by molar-refractivity contribution is -0.138. The van der Waals surface area contributed by atoms with E-state index in [0.717, 1.165) is 6.07 Å². The lowest BCUT2D eigenvalue weighted by Gasteiger charge is -2.12. The number of hydrogen-bond donors (Lipinski definition) is 1. The number of H-pyrrole nitrogens is 1. The Morgan fingerprint density at radius 2 is 1.89 bits per heavy atom. The molecule has 0 aliphatic rings. The van der Waals surface area contributed by atoms with Crippen LogP contribution >= 0.6 is 31.9 Å². The minimum Gasteiger partial charge on any atom is -0.310 e. The van der Waals surface area contributed by atoms with Gasteiger partial charge in [-0.3, -0.25) is 4.79 Å². The minimum absolute atomic E-state index is 0.00125. The fourth-order valence-electron chi connectivity index (χ4n) is 1.56. The molecule has 0 bridgehead atoms. The Kier molecular flexibility index (Phi) is 3.26. The molecule has 2 aromatic rings. The molecule has 3 nitrogen and oxygen atoms in total. The first-order valence-corrected chi connectivity index (χ1v) is 6.26. The second kappa shape index (κ2) is 4.34. The molecule has 8 heteroatoms. The number of hydrogen-bond acceptors (Lipinski definition) is 2. The summed E-state index contributed by atoms with van der Waals surface area (Å²) >= 11 is 5.83. The quantitative estimate of drug-likeness (QED) is 0.750. The van der Waals surface area contributed by atoms with Gasteiger partial charge in [-0.1, -0.05) is 0 Å². The van der Waals surface area contributed by atoms with Crippen LogP contribution in [0.3, 0.4) is 0 Å². The first-order valence-electron chi connectivity index (χ1n) is 4.67. The minimum atomic E-state index is -4.52. The summed E-state index contributed by atoms with van der Waals surface area (Å²) in [7, 11) is 0. The van der Waals surface area contributed by atoms with Crippen molar-refractivity contribution in [3.63, 3.8) is 0 Å². The second-order valence-corrected chi connectivity index (χ2v) is 5.18. The lowest BCUT2D eigenvalue weighted by atomic mass is 10.1. The van der Waals surface area contributed by atoms with E-state index < -0.39 is 17.3 Å². The maximum Gasteiger partial charge on any atom is 0.417 e. The zero-order valence-electron chi connectivity index (χ0n) is 8.82. The molecule has 1 heterocycles. The normalized spacial score (nSPS) is 12.1. The van der Waals surface area contributed by atoms with E-state index >= 15 is 0 Å². The molecule has 0 amide bonds. The van der Waals surface area contributed by atoms with Gasteiger partial charge in [-0.15, -0.1) is 0 Å².